The Kier molecular flexibility index (Phi) is 5.63. The monoisotopic (exact) mass is 269 g/mol. The van der Waals surface area contributed by atoms with Gasteiger partial charge in [-0.3, -0.25) is 0 Å². The lowest BCUT2D eigenvalue weighted by Crippen LogP contribution is -2.14. The van der Waals surface area contributed by atoms with Crippen molar-refractivity contribution in [3.05, 3.63) is 65.7 Å². The summed E-state index contributed by atoms with van der Waals surface area (Å²) < 4.78 is 5.24. The predicted molar refractivity (Wildman–Crippen MR) is 84.4 cm³/mol. The van der Waals surface area contributed by atoms with Crippen molar-refractivity contribution in [3.63, 3.8) is 0 Å². The molecule has 1 unspecified atom stereocenters. The fourth-order valence-electron chi connectivity index (χ4n) is 2.48. The average molecular weight is 269 g/mol. The Labute approximate surface area is 121 Å². The van der Waals surface area contributed by atoms with E-state index in [0.717, 1.165) is 25.1 Å². The molecule has 1 atom stereocenters. The van der Waals surface area contributed by atoms with Gasteiger partial charge in [0.15, 0.2) is 0 Å². The molecule has 0 saturated heterocycles. The largest absolute Gasteiger partial charge is 0.497 e. The Morgan fingerprint density at radius 2 is 1.70 bits per heavy atom. The van der Waals surface area contributed by atoms with Gasteiger partial charge in [0.1, 0.15) is 5.75 Å². The second-order valence-electron chi connectivity index (χ2n) is 5.05. The Balaban J connectivity index is 2.13. The van der Waals surface area contributed by atoms with Crippen molar-refractivity contribution in [3.8, 4) is 5.75 Å². The average Bonchev–Trinajstić information content (AvgIpc) is 2.52. The lowest BCUT2D eigenvalue weighted by atomic mass is 9.89. The van der Waals surface area contributed by atoms with E-state index in [-0.39, 0.29) is 0 Å². The minimum atomic E-state index is 0.538. The van der Waals surface area contributed by atoms with E-state index >= 15 is 0 Å². The van der Waals surface area contributed by atoms with Crippen LogP contribution in [0.2, 0.25) is 0 Å². The summed E-state index contributed by atoms with van der Waals surface area (Å²) in [7, 11) is 3.71. The highest BCUT2D eigenvalue weighted by molar-refractivity contribution is 5.31. The Hall–Kier alpha value is -1.80. The first-order valence-electron chi connectivity index (χ1n) is 7.16. The molecule has 1 N–H and O–H groups in total. The Morgan fingerprint density at radius 1 is 1.00 bits per heavy atom. The van der Waals surface area contributed by atoms with E-state index in [2.05, 4.69) is 47.8 Å². The molecule has 2 aromatic rings. The smallest absolute Gasteiger partial charge is 0.118 e. The van der Waals surface area contributed by atoms with E-state index in [1.807, 2.05) is 19.2 Å². The van der Waals surface area contributed by atoms with E-state index in [0.29, 0.717) is 5.92 Å². The normalized spacial score (nSPS) is 12.1. The summed E-state index contributed by atoms with van der Waals surface area (Å²) in [6.45, 7) is 1.03. The molecule has 106 valence electrons. The summed E-state index contributed by atoms with van der Waals surface area (Å²) >= 11 is 0. The first-order chi connectivity index (χ1) is 9.83. The molecule has 2 nitrogen and oxygen atoms in total. The molecule has 0 aliphatic carbocycles. The van der Waals surface area contributed by atoms with Crippen molar-refractivity contribution in [2.24, 2.45) is 0 Å². The maximum absolute atomic E-state index is 5.24. The van der Waals surface area contributed by atoms with Crippen LogP contribution in [0.25, 0.3) is 0 Å². The SMILES string of the molecule is CNCCC(Cc1ccccc1)c1ccc(OC)cc1. The molecule has 0 bridgehead atoms. The molecule has 0 heterocycles. The third-order valence-electron chi connectivity index (χ3n) is 3.65. The van der Waals surface area contributed by atoms with Crippen molar-refractivity contribution < 1.29 is 4.74 Å². The number of rotatable bonds is 7. The molecular formula is C18H23NO. The van der Waals surface area contributed by atoms with Gasteiger partial charge >= 0.3 is 0 Å². The van der Waals surface area contributed by atoms with Crippen LogP contribution in [-0.4, -0.2) is 20.7 Å². The summed E-state index contributed by atoms with van der Waals surface area (Å²) in [5.41, 5.74) is 2.77. The van der Waals surface area contributed by atoms with Crippen LogP contribution in [0.5, 0.6) is 5.75 Å². The summed E-state index contributed by atoms with van der Waals surface area (Å²) in [6.07, 6.45) is 2.21. The zero-order chi connectivity index (χ0) is 14.2. The summed E-state index contributed by atoms with van der Waals surface area (Å²) in [5.74, 6) is 1.46. The van der Waals surface area contributed by atoms with E-state index < -0.39 is 0 Å². The van der Waals surface area contributed by atoms with Gasteiger partial charge in [0.25, 0.3) is 0 Å². The minimum Gasteiger partial charge on any atom is -0.497 e. The molecule has 0 saturated carbocycles. The molecule has 2 aromatic carbocycles. The van der Waals surface area contributed by atoms with Gasteiger partial charge in [-0.15, -0.1) is 0 Å². The third-order valence-corrected chi connectivity index (χ3v) is 3.65. The second kappa shape index (κ2) is 7.71. The van der Waals surface area contributed by atoms with Gasteiger partial charge in [-0.1, -0.05) is 42.5 Å². The first kappa shape index (κ1) is 14.6. The number of ether oxygens (including phenoxy) is 1. The fraction of sp³-hybridized carbons (Fsp3) is 0.333. The van der Waals surface area contributed by atoms with E-state index in [4.69, 9.17) is 4.74 Å². The number of hydrogen-bond acceptors (Lipinski definition) is 2. The number of hydrogen-bond donors (Lipinski definition) is 1. The summed E-state index contributed by atoms with van der Waals surface area (Å²) in [5, 5.41) is 3.25. The molecule has 0 amide bonds. The highest BCUT2D eigenvalue weighted by Crippen LogP contribution is 2.25. The fourth-order valence-corrected chi connectivity index (χ4v) is 2.48. The standard InChI is InChI=1S/C18H23NO/c1-19-13-12-17(14-15-6-4-3-5-7-15)16-8-10-18(20-2)11-9-16/h3-11,17,19H,12-14H2,1-2H3. The second-order valence-corrected chi connectivity index (χ2v) is 5.05. The Morgan fingerprint density at radius 3 is 2.30 bits per heavy atom. The molecule has 0 radical (unpaired) electrons. The molecular weight excluding hydrogens is 246 g/mol. The van der Waals surface area contributed by atoms with Crippen LogP contribution >= 0.6 is 0 Å². The lowest BCUT2D eigenvalue weighted by molar-refractivity contribution is 0.414. The van der Waals surface area contributed by atoms with Crippen molar-refractivity contribution in [2.45, 2.75) is 18.8 Å². The predicted octanol–water partition coefficient (Wildman–Crippen LogP) is 3.63. The van der Waals surface area contributed by atoms with Crippen LogP contribution in [0.1, 0.15) is 23.5 Å². The maximum atomic E-state index is 5.24. The van der Waals surface area contributed by atoms with Crippen LogP contribution in [0.15, 0.2) is 54.6 Å². The van der Waals surface area contributed by atoms with Crippen LogP contribution < -0.4 is 10.1 Å². The van der Waals surface area contributed by atoms with Crippen LogP contribution in [0, 0.1) is 0 Å². The van der Waals surface area contributed by atoms with Crippen molar-refractivity contribution in [1.82, 2.24) is 5.32 Å². The molecule has 20 heavy (non-hydrogen) atoms. The zero-order valence-corrected chi connectivity index (χ0v) is 12.3. The van der Waals surface area contributed by atoms with Gasteiger partial charge in [-0.25, -0.2) is 0 Å². The first-order valence-corrected chi connectivity index (χ1v) is 7.16. The van der Waals surface area contributed by atoms with Crippen molar-refractivity contribution in [2.75, 3.05) is 20.7 Å². The van der Waals surface area contributed by atoms with Gasteiger partial charge in [-0.2, -0.15) is 0 Å². The summed E-state index contributed by atoms with van der Waals surface area (Å²) in [6, 6.07) is 19.2. The molecule has 0 aliphatic heterocycles. The van der Waals surface area contributed by atoms with Crippen LogP contribution in [-0.2, 0) is 6.42 Å². The summed E-state index contributed by atoms with van der Waals surface area (Å²) in [4.78, 5) is 0. The molecule has 0 aromatic heterocycles. The molecule has 2 heteroatoms. The molecule has 0 fully saturated rings. The topological polar surface area (TPSA) is 21.3 Å². The zero-order valence-electron chi connectivity index (χ0n) is 12.3. The third kappa shape index (κ3) is 4.10. The number of benzene rings is 2. The van der Waals surface area contributed by atoms with E-state index in [1.54, 1.807) is 7.11 Å². The molecule has 0 spiro atoms. The van der Waals surface area contributed by atoms with Gasteiger partial charge in [-0.05, 0) is 55.6 Å². The van der Waals surface area contributed by atoms with Gasteiger partial charge in [0.2, 0.25) is 0 Å². The highest BCUT2D eigenvalue weighted by Gasteiger charge is 2.12. The van der Waals surface area contributed by atoms with Gasteiger partial charge in [0.05, 0.1) is 7.11 Å². The van der Waals surface area contributed by atoms with Crippen LogP contribution in [0.3, 0.4) is 0 Å². The molecule has 0 aliphatic rings. The Bertz CT molecular complexity index is 493. The van der Waals surface area contributed by atoms with Gasteiger partial charge in [0, 0.05) is 0 Å². The number of nitrogens with one attached hydrogen (secondary N) is 1. The lowest BCUT2D eigenvalue weighted by Gasteiger charge is -2.18. The minimum absolute atomic E-state index is 0.538. The maximum Gasteiger partial charge on any atom is 0.118 e. The van der Waals surface area contributed by atoms with E-state index in [1.165, 1.54) is 11.1 Å². The van der Waals surface area contributed by atoms with E-state index in [9.17, 15) is 0 Å². The van der Waals surface area contributed by atoms with Gasteiger partial charge < -0.3 is 10.1 Å². The van der Waals surface area contributed by atoms with Crippen LogP contribution in [0.4, 0.5) is 0 Å². The molecule has 2 rings (SSSR count). The highest BCUT2D eigenvalue weighted by atomic mass is 16.5. The number of methoxy groups -OCH3 is 1. The quantitative estimate of drug-likeness (QED) is 0.828. The van der Waals surface area contributed by atoms with Crippen molar-refractivity contribution >= 4 is 0 Å². The van der Waals surface area contributed by atoms with Crippen molar-refractivity contribution in [1.29, 1.82) is 0 Å².